The smallest absolute Gasteiger partial charge is 0.151 e. The van der Waals surface area contributed by atoms with E-state index >= 15 is 0 Å². The van der Waals surface area contributed by atoms with Crippen molar-refractivity contribution in [2.75, 3.05) is 5.73 Å². The monoisotopic (exact) mass is 299 g/mol. The molecule has 1 heterocycles. The minimum Gasteiger partial charge on any atom is -0.382 e. The van der Waals surface area contributed by atoms with Gasteiger partial charge in [-0.2, -0.15) is 0 Å². The molecule has 5 heteroatoms. The molecule has 0 spiro atoms. The van der Waals surface area contributed by atoms with Crippen LogP contribution in [-0.4, -0.2) is 9.97 Å². The second-order valence-electron chi connectivity index (χ2n) is 4.48. The van der Waals surface area contributed by atoms with Crippen LogP contribution in [0.4, 0.5) is 10.2 Å². The molecule has 0 amide bonds. The van der Waals surface area contributed by atoms with Crippen LogP contribution in [-0.2, 0) is 0 Å². The maximum atomic E-state index is 14.5. The van der Waals surface area contributed by atoms with Crippen molar-refractivity contribution in [2.45, 2.75) is 0 Å². The zero-order chi connectivity index (χ0) is 14.8. The van der Waals surface area contributed by atoms with E-state index in [1.54, 1.807) is 12.1 Å². The quantitative estimate of drug-likeness (QED) is 0.772. The molecule has 0 aliphatic carbocycles. The Labute approximate surface area is 126 Å². The average Bonchev–Trinajstić information content (AvgIpc) is 2.52. The van der Waals surface area contributed by atoms with Crippen LogP contribution in [0, 0.1) is 5.82 Å². The summed E-state index contributed by atoms with van der Waals surface area (Å²) in [4.78, 5) is 7.98. The maximum Gasteiger partial charge on any atom is 0.151 e. The molecule has 1 aromatic heterocycles. The molecule has 0 bridgehead atoms. The van der Waals surface area contributed by atoms with E-state index in [-0.39, 0.29) is 10.8 Å². The largest absolute Gasteiger partial charge is 0.382 e. The molecule has 0 atom stereocenters. The van der Waals surface area contributed by atoms with Gasteiger partial charge in [0.2, 0.25) is 0 Å². The SMILES string of the molecule is Nc1cnc(-c2ccc(-c3ccccc3)c(Cl)c2F)cn1. The number of nitrogens with two attached hydrogens (primary N) is 1. The fourth-order valence-corrected chi connectivity index (χ4v) is 2.34. The van der Waals surface area contributed by atoms with Crippen LogP contribution in [0.5, 0.6) is 0 Å². The standard InChI is InChI=1S/C16H11ClFN3/c17-15-11(10-4-2-1-3-5-10)6-7-12(16(15)18)13-8-21-14(19)9-20-13/h1-9H,(H2,19,21). The van der Waals surface area contributed by atoms with Crippen molar-refractivity contribution < 1.29 is 4.39 Å². The van der Waals surface area contributed by atoms with Crippen LogP contribution in [0.15, 0.2) is 54.9 Å². The third kappa shape index (κ3) is 2.58. The molecule has 2 aromatic carbocycles. The number of halogens is 2. The number of nitrogen functional groups attached to an aromatic ring is 1. The third-order valence-electron chi connectivity index (χ3n) is 3.11. The number of anilines is 1. The van der Waals surface area contributed by atoms with Gasteiger partial charge in [-0.3, -0.25) is 4.98 Å². The van der Waals surface area contributed by atoms with Gasteiger partial charge in [0.1, 0.15) is 5.82 Å². The van der Waals surface area contributed by atoms with Crippen molar-refractivity contribution in [1.29, 1.82) is 0 Å². The Hall–Kier alpha value is -2.46. The van der Waals surface area contributed by atoms with Gasteiger partial charge in [-0.1, -0.05) is 48.0 Å². The van der Waals surface area contributed by atoms with Gasteiger partial charge in [-0.15, -0.1) is 0 Å². The van der Waals surface area contributed by atoms with Crippen molar-refractivity contribution in [3.05, 3.63) is 65.7 Å². The first-order chi connectivity index (χ1) is 10.2. The summed E-state index contributed by atoms with van der Waals surface area (Å²) in [6, 6.07) is 12.8. The molecule has 0 saturated heterocycles. The van der Waals surface area contributed by atoms with E-state index in [9.17, 15) is 4.39 Å². The van der Waals surface area contributed by atoms with E-state index < -0.39 is 5.82 Å². The Bertz CT molecular complexity index is 774. The molecule has 0 fully saturated rings. The summed E-state index contributed by atoms with van der Waals surface area (Å²) < 4.78 is 14.5. The Balaban J connectivity index is 2.11. The van der Waals surface area contributed by atoms with Crippen molar-refractivity contribution >= 4 is 17.4 Å². The molecule has 3 aromatic rings. The molecule has 21 heavy (non-hydrogen) atoms. The zero-order valence-electron chi connectivity index (χ0n) is 10.9. The lowest BCUT2D eigenvalue weighted by Gasteiger charge is -2.09. The Morgan fingerprint density at radius 2 is 1.62 bits per heavy atom. The van der Waals surface area contributed by atoms with E-state index in [0.29, 0.717) is 16.8 Å². The molecule has 0 unspecified atom stereocenters. The molecule has 0 saturated carbocycles. The highest BCUT2D eigenvalue weighted by Crippen LogP contribution is 2.34. The number of hydrogen-bond donors (Lipinski definition) is 1. The summed E-state index contributed by atoms with van der Waals surface area (Å²) in [7, 11) is 0. The summed E-state index contributed by atoms with van der Waals surface area (Å²) in [5.41, 5.74) is 7.67. The molecule has 3 nitrogen and oxygen atoms in total. The number of aromatic nitrogens is 2. The fraction of sp³-hybridized carbons (Fsp3) is 0. The highest BCUT2D eigenvalue weighted by molar-refractivity contribution is 6.33. The predicted molar refractivity (Wildman–Crippen MR) is 82.3 cm³/mol. The number of rotatable bonds is 2. The van der Waals surface area contributed by atoms with E-state index in [4.69, 9.17) is 17.3 Å². The van der Waals surface area contributed by atoms with Gasteiger partial charge >= 0.3 is 0 Å². The third-order valence-corrected chi connectivity index (χ3v) is 3.48. The molecule has 104 valence electrons. The average molecular weight is 300 g/mol. The van der Waals surface area contributed by atoms with Crippen LogP contribution >= 0.6 is 11.6 Å². The second kappa shape index (κ2) is 5.50. The van der Waals surface area contributed by atoms with Gasteiger partial charge in [0, 0.05) is 11.1 Å². The first-order valence-corrected chi connectivity index (χ1v) is 6.66. The van der Waals surface area contributed by atoms with Crippen LogP contribution < -0.4 is 5.73 Å². The number of benzene rings is 2. The minimum absolute atomic E-state index is 0.0670. The van der Waals surface area contributed by atoms with Crippen molar-refractivity contribution in [1.82, 2.24) is 9.97 Å². The number of hydrogen-bond acceptors (Lipinski definition) is 3. The summed E-state index contributed by atoms with van der Waals surface area (Å²) in [6.45, 7) is 0. The second-order valence-corrected chi connectivity index (χ2v) is 4.86. The van der Waals surface area contributed by atoms with Crippen molar-refractivity contribution in [2.24, 2.45) is 0 Å². The Morgan fingerprint density at radius 1 is 0.905 bits per heavy atom. The molecule has 0 radical (unpaired) electrons. The molecular weight excluding hydrogens is 289 g/mol. The lowest BCUT2D eigenvalue weighted by Crippen LogP contribution is -1.95. The van der Waals surface area contributed by atoms with Crippen molar-refractivity contribution in [3.8, 4) is 22.4 Å². The number of nitrogens with zero attached hydrogens (tertiary/aromatic N) is 2. The van der Waals surface area contributed by atoms with Gasteiger partial charge in [-0.05, 0) is 11.6 Å². The Kier molecular flexibility index (Phi) is 3.54. The Morgan fingerprint density at radius 3 is 2.29 bits per heavy atom. The molecule has 0 aliphatic heterocycles. The van der Waals surface area contributed by atoms with Crippen LogP contribution in [0.25, 0.3) is 22.4 Å². The van der Waals surface area contributed by atoms with Gasteiger partial charge in [0.15, 0.2) is 5.82 Å². The molecule has 2 N–H and O–H groups in total. The highest BCUT2D eigenvalue weighted by Gasteiger charge is 2.15. The van der Waals surface area contributed by atoms with Gasteiger partial charge in [-0.25, -0.2) is 9.37 Å². The van der Waals surface area contributed by atoms with E-state index in [0.717, 1.165) is 5.56 Å². The summed E-state index contributed by atoms with van der Waals surface area (Å²) in [5, 5.41) is 0.0670. The van der Waals surface area contributed by atoms with Crippen LogP contribution in [0.2, 0.25) is 5.02 Å². The first kappa shape index (κ1) is 13.5. The van der Waals surface area contributed by atoms with Gasteiger partial charge in [0.25, 0.3) is 0 Å². The zero-order valence-corrected chi connectivity index (χ0v) is 11.7. The topological polar surface area (TPSA) is 51.8 Å². The molecule has 0 aliphatic rings. The van der Waals surface area contributed by atoms with Crippen LogP contribution in [0.1, 0.15) is 0 Å². The van der Waals surface area contributed by atoms with Gasteiger partial charge in [0.05, 0.1) is 23.1 Å². The molecule has 3 rings (SSSR count). The summed E-state index contributed by atoms with van der Waals surface area (Å²) in [5.74, 6) is -0.233. The maximum absolute atomic E-state index is 14.5. The lowest BCUT2D eigenvalue weighted by molar-refractivity contribution is 0.631. The normalized spacial score (nSPS) is 10.6. The van der Waals surface area contributed by atoms with E-state index in [1.807, 2.05) is 30.3 Å². The van der Waals surface area contributed by atoms with Gasteiger partial charge < -0.3 is 5.73 Å². The van der Waals surface area contributed by atoms with Crippen LogP contribution in [0.3, 0.4) is 0 Å². The predicted octanol–water partition coefficient (Wildman–Crippen LogP) is 4.19. The van der Waals surface area contributed by atoms with E-state index in [2.05, 4.69) is 9.97 Å². The summed E-state index contributed by atoms with van der Waals surface area (Å²) in [6.07, 6.45) is 2.81. The minimum atomic E-state index is -0.517. The van der Waals surface area contributed by atoms with Crippen molar-refractivity contribution in [3.63, 3.8) is 0 Å². The fourth-order valence-electron chi connectivity index (χ4n) is 2.07. The lowest BCUT2D eigenvalue weighted by atomic mass is 10.0. The summed E-state index contributed by atoms with van der Waals surface area (Å²) >= 11 is 6.17. The highest BCUT2D eigenvalue weighted by atomic mass is 35.5. The first-order valence-electron chi connectivity index (χ1n) is 6.28. The van der Waals surface area contributed by atoms with E-state index in [1.165, 1.54) is 12.4 Å². The molecular formula is C16H11ClFN3.